The average Bonchev–Trinajstić information content (AvgIpc) is 3.25. The minimum absolute atomic E-state index is 0.0288. The number of nitriles is 1. The molecule has 1 fully saturated rings. The number of benzene rings is 1. The zero-order chi connectivity index (χ0) is 15.3. The smallest absolute Gasteiger partial charge is 0.119 e. The van der Waals surface area contributed by atoms with E-state index in [9.17, 15) is 5.26 Å². The molecule has 1 aromatic rings. The molecular formula is C17H24N2O2. The van der Waals surface area contributed by atoms with Crippen molar-refractivity contribution in [1.82, 2.24) is 5.32 Å². The fraction of sp³-hybridized carbons (Fsp3) is 0.588. The van der Waals surface area contributed by atoms with Crippen LogP contribution >= 0.6 is 0 Å². The maximum Gasteiger partial charge on any atom is 0.119 e. The normalized spacial score (nSPS) is 18.4. The van der Waals surface area contributed by atoms with Gasteiger partial charge < -0.3 is 9.47 Å². The molecule has 4 nitrogen and oxygen atoms in total. The van der Waals surface area contributed by atoms with Crippen LogP contribution in [0.2, 0.25) is 0 Å². The van der Waals surface area contributed by atoms with E-state index in [0.29, 0.717) is 19.1 Å². The third-order valence-corrected chi connectivity index (χ3v) is 3.51. The van der Waals surface area contributed by atoms with Gasteiger partial charge in [0, 0.05) is 12.5 Å². The summed E-state index contributed by atoms with van der Waals surface area (Å²) < 4.78 is 11.3. The van der Waals surface area contributed by atoms with E-state index in [0.717, 1.165) is 11.5 Å². The Bertz CT molecular complexity index is 491. The van der Waals surface area contributed by atoms with Crippen molar-refractivity contribution < 1.29 is 9.47 Å². The molecule has 1 saturated carbocycles. The fourth-order valence-electron chi connectivity index (χ4n) is 2.45. The van der Waals surface area contributed by atoms with Crippen molar-refractivity contribution in [3.8, 4) is 17.6 Å². The standard InChI is InChI=1S/C17H24N2O2/c1-4-20-15-7-9-16(10-8-15)21-13(2)11-17(3,12-18)19-14-5-6-14/h7-10,13-14,19H,4-6,11H2,1-3H3. The van der Waals surface area contributed by atoms with Crippen LogP contribution in [0.5, 0.6) is 11.5 Å². The first-order valence-electron chi connectivity index (χ1n) is 7.63. The zero-order valence-corrected chi connectivity index (χ0v) is 13.1. The van der Waals surface area contributed by atoms with E-state index in [1.165, 1.54) is 12.8 Å². The van der Waals surface area contributed by atoms with Crippen molar-refractivity contribution in [2.75, 3.05) is 6.61 Å². The molecule has 4 heteroatoms. The molecule has 114 valence electrons. The Morgan fingerprint density at radius 1 is 1.33 bits per heavy atom. The van der Waals surface area contributed by atoms with Crippen LogP contribution in [0.1, 0.15) is 40.0 Å². The van der Waals surface area contributed by atoms with Gasteiger partial charge in [-0.2, -0.15) is 5.26 Å². The first kappa shape index (κ1) is 15.7. The number of rotatable bonds is 8. The predicted octanol–water partition coefficient (Wildman–Crippen LogP) is 3.28. The van der Waals surface area contributed by atoms with Crippen molar-refractivity contribution >= 4 is 0 Å². The lowest BCUT2D eigenvalue weighted by Gasteiger charge is -2.27. The van der Waals surface area contributed by atoms with Crippen LogP contribution in [0.15, 0.2) is 24.3 Å². The van der Waals surface area contributed by atoms with Crippen molar-refractivity contribution in [2.45, 2.75) is 57.7 Å². The summed E-state index contributed by atoms with van der Waals surface area (Å²) in [4.78, 5) is 0. The van der Waals surface area contributed by atoms with E-state index in [1.54, 1.807) is 0 Å². The van der Waals surface area contributed by atoms with Gasteiger partial charge in [-0.1, -0.05) is 0 Å². The predicted molar refractivity (Wildman–Crippen MR) is 82.5 cm³/mol. The number of hydrogen-bond donors (Lipinski definition) is 1. The maximum atomic E-state index is 9.39. The van der Waals surface area contributed by atoms with E-state index in [1.807, 2.05) is 45.0 Å². The maximum absolute atomic E-state index is 9.39. The topological polar surface area (TPSA) is 54.3 Å². The van der Waals surface area contributed by atoms with Gasteiger partial charge >= 0.3 is 0 Å². The molecule has 0 radical (unpaired) electrons. The Labute approximate surface area is 127 Å². The summed E-state index contributed by atoms with van der Waals surface area (Å²) in [5.41, 5.74) is -0.522. The lowest BCUT2D eigenvalue weighted by Crippen LogP contribution is -2.45. The van der Waals surface area contributed by atoms with Crippen LogP contribution in [-0.2, 0) is 0 Å². The highest BCUT2D eigenvalue weighted by Crippen LogP contribution is 2.26. The summed E-state index contributed by atoms with van der Waals surface area (Å²) >= 11 is 0. The third-order valence-electron chi connectivity index (χ3n) is 3.51. The minimum Gasteiger partial charge on any atom is -0.494 e. The van der Waals surface area contributed by atoms with Gasteiger partial charge in [-0.05, 0) is 57.9 Å². The first-order chi connectivity index (χ1) is 10.0. The fourth-order valence-corrected chi connectivity index (χ4v) is 2.45. The molecule has 1 aliphatic carbocycles. The van der Waals surface area contributed by atoms with Gasteiger partial charge in [0.15, 0.2) is 0 Å². The molecule has 0 aromatic heterocycles. The number of hydrogen-bond acceptors (Lipinski definition) is 4. The van der Waals surface area contributed by atoms with Crippen molar-refractivity contribution in [3.05, 3.63) is 24.3 Å². The van der Waals surface area contributed by atoms with Crippen LogP contribution in [0, 0.1) is 11.3 Å². The molecule has 2 atom stereocenters. The number of ether oxygens (including phenoxy) is 2. The summed E-state index contributed by atoms with van der Waals surface area (Å²) in [5, 5.41) is 12.8. The third kappa shape index (κ3) is 4.95. The lowest BCUT2D eigenvalue weighted by molar-refractivity contribution is 0.179. The largest absolute Gasteiger partial charge is 0.494 e. The van der Waals surface area contributed by atoms with Gasteiger partial charge in [0.25, 0.3) is 0 Å². The minimum atomic E-state index is -0.522. The highest BCUT2D eigenvalue weighted by Gasteiger charge is 2.34. The molecule has 0 bridgehead atoms. The molecule has 2 unspecified atom stereocenters. The average molecular weight is 288 g/mol. The Hall–Kier alpha value is -1.73. The van der Waals surface area contributed by atoms with Gasteiger partial charge in [0.05, 0.1) is 18.8 Å². The summed E-state index contributed by atoms with van der Waals surface area (Å²) in [6.07, 6.45) is 2.98. The lowest BCUT2D eigenvalue weighted by atomic mass is 9.96. The molecule has 2 rings (SSSR count). The molecule has 1 N–H and O–H groups in total. The zero-order valence-electron chi connectivity index (χ0n) is 13.1. The van der Waals surface area contributed by atoms with Crippen molar-refractivity contribution in [1.29, 1.82) is 5.26 Å². The Morgan fingerprint density at radius 3 is 2.48 bits per heavy atom. The SMILES string of the molecule is CCOc1ccc(OC(C)CC(C)(C#N)NC2CC2)cc1. The van der Waals surface area contributed by atoms with Crippen LogP contribution in [0.25, 0.3) is 0 Å². The monoisotopic (exact) mass is 288 g/mol. The Balaban J connectivity index is 1.87. The van der Waals surface area contributed by atoms with Crippen molar-refractivity contribution in [3.63, 3.8) is 0 Å². The number of nitrogens with zero attached hydrogens (tertiary/aromatic N) is 1. The summed E-state index contributed by atoms with van der Waals surface area (Å²) in [6.45, 7) is 6.57. The van der Waals surface area contributed by atoms with E-state index in [4.69, 9.17) is 9.47 Å². The van der Waals surface area contributed by atoms with Crippen LogP contribution in [0.4, 0.5) is 0 Å². The van der Waals surface area contributed by atoms with Gasteiger partial charge in [-0.25, -0.2) is 0 Å². The van der Waals surface area contributed by atoms with E-state index in [-0.39, 0.29) is 6.10 Å². The second-order valence-corrected chi connectivity index (χ2v) is 5.90. The quantitative estimate of drug-likeness (QED) is 0.797. The summed E-state index contributed by atoms with van der Waals surface area (Å²) in [6, 6.07) is 10.5. The van der Waals surface area contributed by atoms with Gasteiger partial charge in [0.1, 0.15) is 17.0 Å². The van der Waals surface area contributed by atoms with Crippen LogP contribution < -0.4 is 14.8 Å². The van der Waals surface area contributed by atoms with Gasteiger partial charge in [-0.3, -0.25) is 5.32 Å². The molecule has 21 heavy (non-hydrogen) atoms. The van der Waals surface area contributed by atoms with Gasteiger partial charge in [-0.15, -0.1) is 0 Å². The molecule has 0 spiro atoms. The van der Waals surface area contributed by atoms with Crippen molar-refractivity contribution in [2.24, 2.45) is 0 Å². The summed E-state index contributed by atoms with van der Waals surface area (Å²) in [5.74, 6) is 1.65. The second-order valence-electron chi connectivity index (χ2n) is 5.90. The first-order valence-corrected chi connectivity index (χ1v) is 7.63. The highest BCUT2D eigenvalue weighted by atomic mass is 16.5. The van der Waals surface area contributed by atoms with E-state index < -0.39 is 5.54 Å². The molecule has 0 saturated heterocycles. The molecule has 1 aromatic carbocycles. The molecule has 0 aliphatic heterocycles. The second kappa shape index (κ2) is 6.82. The molecule has 0 heterocycles. The highest BCUT2D eigenvalue weighted by molar-refractivity contribution is 5.31. The number of nitrogens with one attached hydrogen (secondary N) is 1. The molecular weight excluding hydrogens is 264 g/mol. The van der Waals surface area contributed by atoms with E-state index >= 15 is 0 Å². The van der Waals surface area contributed by atoms with Crippen LogP contribution in [0.3, 0.4) is 0 Å². The van der Waals surface area contributed by atoms with E-state index in [2.05, 4.69) is 11.4 Å². The molecule has 0 amide bonds. The Kier molecular flexibility index (Phi) is 5.08. The molecule has 1 aliphatic rings. The van der Waals surface area contributed by atoms with Crippen LogP contribution in [-0.4, -0.2) is 24.3 Å². The Morgan fingerprint density at radius 2 is 1.95 bits per heavy atom. The summed E-state index contributed by atoms with van der Waals surface area (Å²) in [7, 11) is 0. The van der Waals surface area contributed by atoms with Gasteiger partial charge in [0.2, 0.25) is 0 Å².